The van der Waals surface area contributed by atoms with Gasteiger partial charge in [0.2, 0.25) is 0 Å². The highest BCUT2D eigenvalue weighted by atomic mass is 16.5. The summed E-state index contributed by atoms with van der Waals surface area (Å²) in [5.74, 6) is 0.988. The van der Waals surface area contributed by atoms with Gasteiger partial charge in [-0.3, -0.25) is 19.8 Å². The third-order valence-electron chi connectivity index (χ3n) is 4.44. The Kier molecular flexibility index (Phi) is 5.77. The molecule has 0 radical (unpaired) electrons. The van der Waals surface area contributed by atoms with E-state index in [1.54, 1.807) is 19.5 Å². The first-order valence-electron chi connectivity index (χ1n) is 8.56. The quantitative estimate of drug-likeness (QED) is 0.782. The molecular weight excluding hydrogens is 300 g/mol. The van der Waals surface area contributed by atoms with Crippen LogP contribution in [-0.2, 0) is 19.6 Å². The summed E-state index contributed by atoms with van der Waals surface area (Å²) in [6, 6.07) is 6.53. The van der Waals surface area contributed by atoms with Crippen molar-refractivity contribution >= 4 is 0 Å². The van der Waals surface area contributed by atoms with Crippen molar-refractivity contribution in [3.8, 4) is 5.75 Å². The van der Waals surface area contributed by atoms with Crippen LogP contribution in [0.1, 0.15) is 29.7 Å². The summed E-state index contributed by atoms with van der Waals surface area (Å²) >= 11 is 0. The maximum absolute atomic E-state index is 5.55. The fourth-order valence-corrected chi connectivity index (χ4v) is 3.29. The van der Waals surface area contributed by atoms with Crippen molar-refractivity contribution in [2.45, 2.75) is 32.5 Å². The molecule has 1 fully saturated rings. The third-order valence-corrected chi connectivity index (χ3v) is 4.44. The number of nitrogens with zero attached hydrogens (tertiary/aromatic N) is 4. The number of benzene rings is 1. The summed E-state index contributed by atoms with van der Waals surface area (Å²) in [4.78, 5) is 13.2. The minimum atomic E-state index is 0.793. The average Bonchev–Trinajstić information content (AvgIpc) is 3.09. The lowest BCUT2D eigenvalue weighted by molar-refractivity contribution is 0.310. The van der Waals surface area contributed by atoms with Crippen LogP contribution in [0.25, 0.3) is 0 Å². The van der Waals surface area contributed by atoms with Crippen LogP contribution >= 0.6 is 0 Å². The van der Waals surface area contributed by atoms with E-state index in [-0.39, 0.29) is 0 Å². The van der Waals surface area contributed by atoms with Crippen molar-refractivity contribution in [1.82, 2.24) is 19.8 Å². The first-order chi connectivity index (χ1) is 11.7. The number of hydrogen-bond donors (Lipinski definition) is 0. The molecule has 2 aromatic rings. The molecule has 1 aromatic heterocycles. The molecule has 5 nitrogen and oxygen atoms in total. The Bertz CT molecular complexity index is 641. The van der Waals surface area contributed by atoms with Gasteiger partial charge in [-0.1, -0.05) is 6.07 Å². The van der Waals surface area contributed by atoms with Gasteiger partial charge in [0.05, 0.1) is 12.8 Å². The van der Waals surface area contributed by atoms with Gasteiger partial charge < -0.3 is 4.74 Å². The zero-order valence-electron chi connectivity index (χ0n) is 14.6. The molecule has 128 valence electrons. The predicted molar refractivity (Wildman–Crippen MR) is 94.7 cm³/mol. The smallest absolute Gasteiger partial charge is 0.123 e. The summed E-state index contributed by atoms with van der Waals surface area (Å²) in [5, 5.41) is 0. The van der Waals surface area contributed by atoms with Crippen LogP contribution in [0.4, 0.5) is 0 Å². The molecular formula is C19H26N4O. The SMILES string of the molecule is COc1ccc(CN(C)Cc2cnccn2)cc1CN1CCCC1. The first-order valence-corrected chi connectivity index (χ1v) is 8.56. The number of rotatable bonds is 7. The van der Waals surface area contributed by atoms with E-state index in [1.807, 2.05) is 6.20 Å². The van der Waals surface area contributed by atoms with Crippen LogP contribution in [0.3, 0.4) is 0 Å². The standard InChI is InChI=1S/C19H26N4O/c1-22(15-18-12-20-7-8-21-18)13-16-5-6-19(24-2)17(11-16)14-23-9-3-4-10-23/h5-8,11-12H,3-4,9-10,13-15H2,1-2H3. The predicted octanol–water partition coefficient (Wildman–Crippen LogP) is 2.71. The summed E-state index contributed by atoms with van der Waals surface area (Å²) in [5.41, 5.74) is 3.58. The van der Waals surface area contributed by atoms with Gasteiger partial charge in [0.15, 0.2) is 0 Å². The van der Waals surface area contributed by atoms with Crippen LogP contribution in [0.5, 0.6) is 5.75 Å². The molecule has 1 aliphatic rings. The van der Waals surface area contributed by atoms with Crippen LogP contribution in [-0.4, -0.2) is 47.0 Å². The second-order valence-corrected chi connectivity index (χ2v) is 6.50. The number of likely N-dealkylation sites (tertiary alicyclic amines) is 1. The molecule has 1 aliphatic heterocycles. The Labute approximate surface area is 144 Å². The van der Waals surface area contributed by atoms with E-state index in [1.165, 1.54) is 37.1 Å². The fraction of sp³-hybridized carbons (Fsp3) is 0.474. The molecule has 3 rings (SSSR count). The molecule has 0 N–H and O–H groups in total. The van der Waals surface area contributed by atoms with Crippen LogP contribution in [0.15, 0.2) is 36.8 Å². The topological polar surface area (TPSA) is 41.5 Å². The Balaban J connectivity index is 1.66. The van der Waals surface area contributed by atoms with E-state index in [9.17, 15) is 0 Å². The number of aromatic nitrogens is 2. The van der Waals surface area contributed by atoms with E-state index >= 15 is 0 Å². The highest BCUT2D eigenvalue weighted by Crippen LogP contribution is 2.24. The van der Waals surface area contributed by atoms with E-state index in [2.05, 4.69) is 45.0 Å². The maximum Gasteiger partial charge on any atom is 0.123 e. The lowest BCUT2D eigenvalue weighted by Crippen LogP contribution is -2.20. The van der Waals surface area contributed by atoms with Crippen molar-refractivity contribution in [1.29, 1.82) is 0 Å². The summed E-state index contributed by atoms with van der Waals surface area (Å²) in [6.07, 6.45) is 7.89. The highest BCUT2D eigenvalue weighted by molar-refractivity contribution is 5.37. The van der Waals surface area contributed by atoms with Crippen LogP contribution in [0, 0.1) is 0 Å². The Morgan fingerprint density at radius 1 is 1.17 bits per heavy atom. The monoisotopic (exact) mass is 326 g/mol. The second kappa shape index (κ2) is 8.22. The summed E-state index contributed by atoms with van der Waals surface area (Å²) in [6.45, 7) is 5.04. The van der Waals surface area contributed by atoms with Gasteiger partial charge in [0, 0.05) is 43.8 Å². The van der Waals surface area contributed by atoms with E-state index in [0.29, 0.717) is 0 Å². The zero-order valence-corrected chi connectivity index (χ0v) is 14.6. The molecule has 2 heterocycles. The fourth-order valence-electron chi connectivity index (χ4n) is 3.29. The lowest BCUT2D eigenvalue weighted by atomic mass is 10.1. The number of methoxy groups -OCH3 is 1. The van der Waals surface area contributed by atoms with Crippen molar-refractivity contribution < 1.29 is 4.74 Å². The summed E-state index contributed by atoms with van der Waals surface area (Å²) < 4.78 is 5.55. The van der Waals surface area contributed by atoms with Gasteiger partial charge in [-0.05, 0) is 50.7 Å². The number of hydrogen-bond acceptors (Lipinski definition) is 5. The van der Waals surface area contributed by atoms with Gasteiger partial charge >= 0.3 is 0 Å². The molecule has 1 aromatic carbocycles. The molecule has 0 amide bonds. The molecule has 0 aliphatic carbocycles. The first kappa shape index (κ1) is 16.9. The highest BCUT2D eigenvalue weighted by Gasteiger charge is 2.15. The van der Waals surface area contributed by atoms with Gasteiger partial charge in [-0.25, -0.2) is 0 Å². The third kappa shape index (κ3) is 4.52. The van der Waals surface area contributed by atoms with Gasteiger partial charge in [0.25, 0.3) is 0 Å². The molecule has 1 saturated heterocycles. The van der Waals surface area contributed by atoms with E-state index < -0.39 is 0 Å². The van der Waals surface area contributed by atoms with E-state index in [0.717, 1.165) is 31.1 Å². The van der Waals surface area contributed by atoms with Gasteiger partial charge in [-0.2, -0.15) is 0 Å². The Hall–Kier alpha value is -1.98. The second-order valence-electron chi connectivity index (χ2n) is 6.50. The molecule has 0 atom stereocenters. The normalized spacial score (nSPS) is 15.1. The summed E-state index contributed by atoms with van der Waals surface area (Å²) in [7, 11) is 3.86. The zero-order chi connectivity index (χ0) is 16.8. The van der Waals surface area contributed by atoms with Crippen molar-refractivity contribution in [2.75, 3.05) is 27.2 Å². The molecule has 0 saturated carbocycles. The van der Waals surface area contributed by atoms with Gasteiger partial charge in [0.1, 0.15) is 5.75 Å². The minimum absolute atomic E-state index is 0.793. The number of ether oxygens (including phenoxy) is 1. The Morgan fingerprint density at radius 3 is 2.71 bits per heavy atom. The molecule has 0 spiro atoms. The van der Waals surface area contributed by atoms with Gasteiger partial charge in [-0.15, -0.1) is 0 Å². The minimum Gasteiger partial charge on any atom is -0.496 e. The van der Waals surface area contributed by atoms with Crippen molar-refractivity contribution in [3.05, 3.63) is 53.6 Å². The van der Waals surface area contributed by atoms with E-state index in [4.69, 9.17) is 4.74 Å². The molecule has 24 heavy (non-hydrogen) atoms. The largest absolute Gasteiger partial charge is 0.496 e. The van der Waals surface area contributed by atoms with Crippen molar-refractivity contribution in [2.24, 2.45) is 0 Å². The molecule has 5 heteroatoms. The van der Waals surface area contributed by atoms with Crippen LogP contribution in [0.2, 0.25) is 0 Å². The average molecular weight is 326 g/mol. The molecule has 0 unspecified atom stereocenters. The van der Waals surface area contributed by atoms with Crippen LogP contribution < -0.4 is 4.74 Å². The molecule has 0 bridgehead atoms. The maximum atomic E-state index is 5.55. The van der Waals surface area contributed by atoms with Crippen molar-refractivity contribution in [3.63, 3.8) is 0 Å². The Morgan fingerprint density at radius 2 is 2.00 bits per heavy atom. The lowest BCUT2D eigenvalue weighted by Gasteiger charge is -2.20.